The molecular weight excluding hydrogens is 261 g/mol. The fourth-order valence-electron chi connectivity index (χ4n) is 2.62. The minimum absolute atomic E-state index is 0.218. The van der Waals surface area contributed by atoms with Crippen LogP contribution in [0.25, 0.3) is 0 Å². The number of benzene rings is 1. The van der Waals surface area contributed by atoms with E-state index in [0.29, 0.717) is 17.5 Å². The summed E-state index contributed by atoms with van der Waals surface area (Å²) < 4.78 is 18.3. The maximum Gasteiger partial charge on any atom is 0.257 e. The van der Waals surface area contributed by atoms with Crippen molar-refractivity contribution in [3.05, 3.63) is 59.8 Å². The number of aliphatic hydroxyl groups is 1. The van der Waals surface area contributed by atoms with Gasteiger partial charge in [0.05, 0.1) is 24.0 Å². The van der Waals surface area contributed by atoms with E-state index in [2.05, 4.69) is 0 Å². The van der Waals surface area contributed by atoms with Crippen molar-refractivity contribution in [3.63, 3.8) is 0 Å². The molecule has 0 aliphatic carbocycles. The minimum Gasteiger partial charge on any atom is -0.472 e. The van der Waals surface area contributed by atoms with Crippen LogP contribution < -0.4 is 0 Å². The molecular formula is C15H14FNO3. The van der Waals surface area contributed by atoms with E-state index in [4.69, 9.17) is 4.42 Å². The van der Waals surface area contributed by atoms with E-state index in [9.17, 15) is 14.3 Å². The Labute approximate surface area is 115 Å². The number of aliphatic hydroxyl groups excluding tert-OH is 1. The third kappa shape index (κ3) is 2.32. The van der Waals surface area contributed by atoms with Gasteiger partial charge in [0.1, 0.15) is 12.1 Å². The van der Waals surface area contributed by atoms with E-state index in [-0.39, 0.29) is 24.3 Å². The van der Waals surface area contributed by atoms with E-state index in [0.717, 1.165) is 0 Å². The molecule has 1 amide bonds. The van der Waals surface area contributed by atoms with Crippen LogP contribution in [0.5, 0.6) is 0 Å². The molecule has 104 valence electrons. The second-order valence-corrected chi connectivity index (χ2v) is 4.93. The number of β-amino-alcohol motifs (C(OH)–C–C–N with tert-alkyl or cyclic N) is 1. The first kappa shape index (κ1) is 12.9. The topological polar surface area (TPSA) is 53.7 Å². The number of hydrogen-bond donors (Lipinski definition) is 1. The molecule has 0 radical (unpaired) electrons. The second kappa shape index (κ2) is 5.09. The lowest BCUT2D eigenvalue weighted by Gasteiger charge is -2.24. The molecule has 1 N–H and O–H groups in total. The molecule has 1 fully saturated rings. The molecule has 0 unspecified atom stereocenters. The molecule has 0 saturated carbocycles. The first-order valence-electron chi connectivity index (χ1n) is 6.42. The number of carbonyl (C=O) groups excluding carboxylic acids is 1. The third-order valence-corrected chi connectivity index (χ3v) is 3.54. The van der Waals surface area contributed by atoms with Crippen LogP contribution in [0.15, 0.2) is 47.3 Å². The molecule has 5 heteroatoms. The second-order valence-electron chi connectivity index (χ2n) is 4.93. The zero-order valence-electron chi connectivity index (χ0n) is 10.7. The molecule has 2 heterocycles. The summed E-state index contributed by atoms with van der Waals surface area (Å²) in [5.74, 6) is -0.566. The lowest BCUT2D eigenvalue weighted by molar-refractivity contribution is 0.0715. The van der Waals surface area contributed by atoms with Crippen molar-refractivity contribution in [2.45, 2.75) is 18.6 Å². The van der Waals surface area contributed by atoms with Crippen LogP contribution in [0.2, 0.25) is 0 Å². The van der Waals surface area contributed by atoms with Crippen LogP contribution >= 0.6 is 0 Å². The number of amides is 1. The molecule has 2 atom stereocenters. The third-order valence-electron chi connectivity index (χ3n) is 3.54. The van der Waals surface area contributed by atoms with Crippen LogP contribution in [0.4, 0.5) is 4.39 Å². The van der Waals surface area contributed by atoms with Gasteiger partial charge in [0.15, 0.2) is 0 Å². The van der Waals surface area contributed by atoms with E-state index >= 15 is 0 Å². The molecule has 1 saturated heterocycles. The first-order chi connectivity index (χ1) is 9.65. The van der Waals surface area contributed by atoms with Crippen molar-refractivity contribution < 1.29 is 18.7 Å². The van der Waals surface area contributed by atoms with Crippen molar-refractivity contribution in [1.82, 2.24) is 4.90 Å². The van der Waals surface area contributed by atoms with Crippen molar-refractivity contribution in [3.8, 4) is 0 Å². The Morgan fingerprint density at radius 2 is 2.25 bits per heavy atom. The van der Waals surface area contributed by atoms with Gasteiger partial charge in [-0.2, -0.15) is 0 Å². The lowest BCUT2D eigenvalue weighted by Crippen LogP contribution is -2.31. The van der Waals surface area contributed by atoms with Crippen molar-refractivity contribution in [2.24, 2.45) is 0 Å². The Bertz CT molecular complexity index is 611. The van der Waals surface area contributed by atoms with Crippen LogP contribution in [-0.4, -0.2) is 28.6 Å². The Morgan fingerprint density at radius 1 is 1.40 bits per heavy atom. The van der Waals surface area contributed by atoms with Gasteiger partial charge >= 0.3 is 0 Å². The van der Waals surface area contributed by atoms with Gasteiger partial charge < -0.3 is 14.4 Å². The molecule has 0 bridgehead atoms. The molecule has 3 rings (SSSR count). The lowest BCUT2D eigenvalue weighted by atomic mass is 10.0. The minimum atomic E-state index is -0.598. The molecule has 1 aromatic carbocycles. The smallest absolute Gasteiger partial charge is 0.257 e. The number of nitrogens with zero attached hydrogens (tertiary/aromatic N) is 1. The van der Waals surface area contributed by atoms with Gasteiger partial charge in [-0.15, -0.1) is 0 Å². The number of hydrogen-bond acceptors (Lipinski definition) is 3. The van der Waals surface area contributed by atoms with Gasteiger partial charge in [-0.05, 0) is 30.2 Å². The monoisotopic (exact) mass is 275 g/mol. The van der Waals surface area contributed by atoms with Crippen LogP contribution in [-0.2, 0) is 0 Å². The van der Waals surface area contributed by atoms with Crippen molar-refractivity contribution in [1.29, 1.82) is 0 Å². The number of furan rings is 1. The van der Waals surface area contributed by atoms with Gasteiger partial charge in [0.2, 0.25) is 0 Å². The maximum absolute atomic E-state index is 13.3. The largest absolute Gasteiger partial charge is 0.472 e. The highest BCUT2D eigenvalue weighted by atomic mass is 19.1. The van der Waals surface area contributed by atoms with Crippen molar-refractivity contribution >= 4 is 5.91 Å². The molecule has 1 aliphatic rings. The zero-order chi connectivity index (χ0) is 14.1. The predicted octanol–water partition coefficient (Wildman–Crippen LogP) is 2.37. The quantitative estimate of drug-likeness (QED) is 0.915. The summed E-state index contributed by atoms with van der Waals surface area (Å²) in [5, 5.41) is 9.84. The molecule has 20 heavy (non-hydrogen) atoms. The summed E-state index contributed by atoms with van der Waals surface area (Å²) in [6.45, 7) is 0.241. The standard InChI is InChI=1S/C15H14FNO3/c16-12-3-1-2-10(6-12)14-7-13(18)8-17(14)15(19)11-4-5-20-9-11/h1-6,9,13-14,18H,7-8H2/t13-,14-/m1/s1. The highest BCUT2D eigenvalue weighted by Crippen LogP contribution is 2.33. The highest BCUT2D eigenvalue weighted by Gasteiger charge is 2.36. The Morgan fingerprint density at radius 3 is 2.95 bits per heavy atom. The summed E-state index contributed by atoms with van der Waals surface area (Å²) in [6.07, 6.45) is 2.61. The summed E-state index contributed by atoms with van der Waals surface area (Å²) in [6, 6.07) is 7.39. The maximum atomic E-state index is 13.3. The van der Waals surface area contributed by atoms with E-state index in [1.54, 1.807) is 23.1 Å². The van der Waals surface area contributed by atoms with Crippen molar-refractivity contribution in [2.75, 3.05) is 6.54 Å². The Hall–Kier alpha value is -2.14. The molecule has 1 aliphatic heterocycles. The van der Waals surface area contributed by atoms with E-state index in [1.807, 2.05) is 0 Å². The van der Waals surface area contributed by atoms with Crippen LogP contribution in [0.1, 0.15) is 28.4 Å². The molecule has 2 aromatic rings. The molecule has 4 nitrogen and oxygen atoms in total. The zero-order valence-corrected chi connectivity index (χ0v) is 10.7. The van der Waals surface area contributed by atoms with Gasteiger partial charge in [-0.3, -0.25) is 4.79 Å². The Balaban J connectivity index is 1.91. The fourth-order valence-corrected chi connectivity index (χ4v) is 2.62. The summed E-state index contributed by atoms with van der Waals surface area (Å²) in [7, 11) is 0. The average molecular weight is 275 g/mol. The van der Waals surface area contributed by atoms with Gasteiger partial charge in [-0.25, -0.2) is 4.39 Å². The number of carbonyl (C=O) groups is 1. The van der Waals surface area contributed by atoms with E-state index in [1.165, 1.54) is 24.7 Å². The van der Waals surface area contributed by atoms with Gasteiger partial charge in [-0.1, -0.05) is 12.1 Å². The molecule has 0 spiro atoms. The van der Waals surface area contributed by atoms with Crippen LogP contribution in [0, 0.1) is 5.82 Å². The van der Waals surface area contributed by atoms with Crippen LogP contribution in [0.3, 0.4) is 0 Å². The fraction of sp³-hybridized carbons (Fsp3) is 0.267. The number of halogens is 1. The normalized spacial score (nSPS) is 22.2. The Kier molecular flexibility index (Phi) is 3.28. The average Bonchev–Trinajstić information content (AvgIpc) is 3.07. The van der Waals surface area contributed by atoms with E-state index < -0.39 is 6.10 Å². The van der Waals surface area contributed by atoms with Gasteiger partial charge in [0, 0.05) is 6.54 Å². The predicted molar refractivity (Wildman–Crippen MR) is 69.5 cm³/mol. The molecule has 1 aromatic heterocycles. The highest BCUT2D eigenvalue weighted by molar-refractivity contribution is 5.94. The SMILES string of the molecule is O=C(c1ccoc1)N1C[C@H](O)C[C@@H]1c1cccc(F)c1. The number of likely N-dealkylation sites (tertiary alicyclic amines) is 1. The summed E-state index contributed by atoms with van der Waals surface area (Å²) in [5.41, 5.74) is 1.12. The summed E-state index contributed by atoms with van der Waals surface area (Å²) in [4.78, 5) is 13.9. The van der Waals surface area contributed by atoms with Gasteiger partial charge in [0.25, 0.3) is 5.91 Å². The summed E-state index contributed by atoms with van der Waals surface area (Å²) >= 11 is 0. The number of rotatable bonds is 2. The first-order valence-corrected chi connectivity index (χ1v) is 6.42.